The zero-order chi connectivity index (χ0) is 15.4. The van der Waals surface area contributed by atoms with Crippen molar-refractivity contribution >= 4 is 11.8 Å². The van der Waals surface area contributed by atoms with Gasteiger partial charge in [-0.05, 0) is 45.8 Å². The summed E-state index contributed by atoms with van der Waals surface area (Å²) in [7, 11) is 6.10. The van der Waals surface area contributed by atoms with Gasteiger partial charge in [0.15, 0.2) is 5.69 Å². The summed E-state index contributed by atoms with van der Waals surface area (Å²) in [6, 6.07) is 1.81. The van der Waals surface area contributed by atoms with Gasteiger partial charge in [0.25, 0.3) is 0 Å². The number of aromatic nitrogens is 2. The van der Waals surface area contributed by atoms with E-state index < -0.39 is 0 Å². The first-order valence-corrected chi connectivity index (χ1v) is 7.62. The molecule has 2 heterocycles. The Kier molecular flexibility index (Phi) is 5.22. The highest BCUT2D eigenvalue weighted by Gasteiger charge is 2.21. The van der Waals surface area contributed by atoms with Crippen LogP contribution < -0.4 is 4.90 Å². The molecule has 1 aromatic heterocycles. The fraction of sp³-hybridized carbons (Fsp3) is 0.733. The SMILES string of the molecule is CCOC(=O)c1cc(N(C)CC2CCN(C)CC2)n(C)n1. The van der Waals surface area contributed by atoms with Gasteiger partial charge >= 0.3 is 5.97 Å². The fourth-order valence-electron chi connectivity index (χ4n) is 2.84. The van der Waals surface area contributed by atoms with Crippen LogP contribution in [0.2, 0.25) is 0 Å². The first-order chi connectivity index (χ1) is 10.0. The van der Waals surface area contributed by atoms with Crippen molar-refractivity contribution in [1.82, 2.24) is 14.7 Å². The first-order valence-electron chi connectivity index (χ1n) is 7.62. The number of anilines is 1. The smallest absolute Gasteiger partial charge is 0.358 e. The predicted octanol–water partition coefficient (Wildman–Crippen LogP) is 1.37. The number of carbonyl (C=O) groups is 1. The van der Waals surface area contributed by atoms with Crippen molar-refractivity contribution in [3.63, 3.8) is 0 Å². The quantitative estimate of drug-likeness (QED) is 0.768. The number of hydrogen-bond donors (Lipinski definition) is 0. The van der Waals surface area contributed by atoms with E-state index in [2.05, 4.69) is 29.0 Å². The minimum Gasteiger partial charge on any atom is -0.461 e. The van der Waals surface area contributed by atoms with Crippen molar-refractivity contribution in [2.45, 2.75) is 19.8 Å². The zero-order valence-corrected chi connectivity index (χ0v) is 13.5. The largest absolute Gasteiger partial charge is 0.461 e. The van der Waals surface area contributed by atoms with Gasteiger partial charge in [0, 0.05) is 26.7 Å². The van der Waals surface area contributed by atoms with Crippen molar-refractivity contribution in [2.75, 3.05) is 45.2 Å². The van der Waals surface area contributed by atoms with E-state index in [0.717, 1.165) is 25.5 Å². The van der Waals surface area contributed by atoms with Crippen LogP contribution in [0.15, 0.2) is 6.07 Å². The molecule has 0 aliphatic carbocycles. The van der Waals surface area contributed by atoms with E-state index in [1.807, 2.05) is 13.1 Å². The molecule has 0 unspecified atom stereocenters. The van der Waals surface area contributed by atoms with Crippen LogP contribution >= 0.6 is 0 Å². The summed E-state index contributed by atoms with van der Waals surface area (Å²) in [5, 5.41) is 4.25. The Hall–Kier alpha value is -1.56. The number of ether oxygens (including phenoxy) is 1. The number of nitrogens with zero attached hydrogens (tertiary/aromatic N) is 4. The molecule has 1 saturated heterocycles. The number of rotatable bonds is 5. The van der Waals surface area contributed by atoms with Gasteiger partial charge in [-0.15, -0.1) is 0 Å². The van der Waals surface area contributed by atoms with Gasteiger partial charge in [-0.3, -0.25) is 4.68 Å². The Morgan fingerprint density at radius 2 is 2.10 bits per heavy atom. The zero-order valence-electron chi connectivity index (χ0n) is 13.5. The number of esters is 1. The highest BCUT2D eigenvalue weighted by atomic mass is 16.5. The molecule has 1 aliphatic rings. The summed E-state index contributed by atoms with van der Waals surface area (Å²) in [6.07, 6.45) is 2.45. The molecule has 6 heteroatoms. The molecule has 118 valence electrons. The fourth-order valence-corrected chi connectivity index (χ4v) is 2.84. The molecule has 0 atom stereocenters. The molecular formula is C15H26N4O2. The molecule has 0 amide bonds. The molecule has 1 fully saturated rings. The Balaban J connectivity index is 1.98. The number of carbonyl (C=O) groups excluding carboxylic acids is 1. The van der Waals surface area contributed by atoms with Gasteiger partial charge in [-0.25, -0.2) is 4.79 Å². The maximum absolute atomic E-state index is 11.7. The number of aryl methyl sites for hydroxylation is 1. The summed E-state index contributed by atoms with van der Waals surface area (Å²) in [5.74, 6) is 1.30. The van der Waals surface area contributed by atoms with E-state index in [-0.39, 0.29) is 5.97 Å². The molecule has 0 N–H and O–H groups in total. The molecule has 21 heavy (non-hydrogen) atoms. The first kappa shape index (κ1) is 15.8. The van der Waals surface area contributed by atoms with Gasteiger partial charge in [-0.1, -0.05) is 0 Å². The average molecular weight is 294 g/mol. The lowest BCUT2D eigenvalue weighted by atomic mass is 9.97. The van der Waals surface area contributed by atoms with Gasteiger partial charge in [0.1, 0.15) is 5.82 Å². The molecule has 2 rings (SSSR count). The minimum absolute atomic E-state index is 0.355. The van der Waals surface area contributed by atoms with Crippen molar-refractivity contribution < 1.29 is 9.53 Å². The Morgan fingerprint density at radius 1 is 1.43 bits per heavy atom. The average Bonchev–Trinajstić information content (AvgIpc) is 2.84. The summed E-state index contributed by atoms with van der Waals surface area (Å²) in [6.45, 7) is 5.50. The van der Waals surface area contributed by atoms with Gasteiger partial charge in [0.2, 0.25) is 0 Å². The third kappa shape index (κ3) is 3.97. The summed E-state index contributed by atoms with van der Waals surface area (Å²) in [4.78, 5) is 16.3. The van der Waals surface area contributed by atoms with E-state index in [0.29, 0.717) is 18.2 Å². The lowest BCUT2D eigenvalue weighted by molar-refractivity contribution is 0.0518. The molecular weight excluding hydrogens is 268 g/mol. The van der Waals surface area contributed by atoms with Gasteiger partial charge < -0.3 is 14.5 Å². The molecule has 0 bridgehead atoms. The van der Waals surface area contributed by atoms with Crippen LogP contribution in [0.3, 0.4) is 0 Å². The van der Waals surface area contributed by atoms with E-state index in [1.54, 1.807) is 11.6 Å². The topological polar surface area (TPSA) is 50.6 Å². The molecule has 0 saturated carbocycles. The molecule has 1 aliphatic heterocycles. The Labute approximate surface area is 126 Å². The lowest BCUT2D eigenvalue weighted by Gasteiger charge is -2.32. The van der Waals surface area contributed by atoms with Crippen LogP contribution in [-0.4, -0.2) is 61.0 Å². The molecule has 0 aromatic carbocycles. The summed E-state index contributed by atoms with van der Waals surface area (Å²) >= 11 is 0. The van der Waals surface area contributed by atoms with Crippen LogP contribution in [0, 0.1) is 5.92 Å². The summed E-state index contributed by atoms with van der Waals surface area (Å²) in [5.41, 5.74) is 0.379. The van der Waals surface area contributed by atoms with E-state index in [9.17, 15) is 4.79 Å². The van der Waals surface area contributed by atoms with Crippen LogP contribution in [0.4, 0.5) is 5.82 Å². The van der Waals surface area contributed by atoms with Crippen LogP contribution in [0.25, 0.3) is 0 Å². The van der Waals surface area contributed by atoms with Crippen LogP contribution in [0.5, 0.6) is 0 Å². The standard InChI is InChI=1S/C15H26N4O2/c1-5-21-15(20)13-10-14(19(4)16-13)18(3)11-12-6-8-17(2)9-7-12/h10,12H,5-9,11H2,1-4H3. The van der Waals surface area contributed by atoms with E-state index in [1.165, 1.54) is 12.8 Å². The van der Waals surface area contributed by atoms with Gasteiger partial charge in [-0.2, -0.15) is 5.10 Å². The number of likely N-dealkylation sites (tertiary alicyclic amines) is 1. The minimum atomic E-state index is -0.355. The maximum Gasteiger partial charge on any atom is 0.358 e. The number of piperidine rings is 1. The molecule has 0 spiro atoms. The highest BCUT2D eigenvalue weighted by molar-refractivity contribution is 5.88. The van der Waals surface area contributed by atoms with E-state index >= 15 is 0 Å². The second-order valence-corrected chi connectivity index (χ2v) is 5.86. The second kappa shape index (κ2) is 6.93. The predicted molar refractivity (Wildman–Crippen MR) is 82.7 cm³/mol. The molecule has 0 radical (unpaired) electrons. The monoisotopic (exact) mass is 294 g/mol. The molecule has 1 aromatic rings. The maximum atomic E-state index is 11.7. The third-order valence-electron chi connectivity index (χ3n) is 4.10. The van der Waals surface area contributed by atoms with Crippen LogP contribution in [-0.2, 0) is 11.8 Å². The second-order valence-electron chi connectivity index (χ2n) is 5.86. The van der Waals surface area contributed by atoms with Crippen molar-refractivity contribution in [3.8, 4) is 0 Å². The van der Waals surface area contributed by atoms with Crippen molar-refractivity contribution in [2.24, 2.45) is 13.0 Å². The van der Waals surface area contributed by atoms with Crippen molar-refractivity contribution in [1.29, 1.82) is 0 Å². The Bertz CT molecular complexity index is 478. The Morgan fingerprint density at radius 3 is 2.71 bits per heavy atom. The lowest BCUT2D eigenvalue weighted by Crippen LogP contribution is -2.36. The third-order valence-corrected chi connectivity index (χ3v) is 4.10. The highest BCUT2D eigenvalue weighted by Crippen LogP contribution is 2.21. The van der Waals surface area contributed by atoms with Crippen molar-refractivity contribution in [3.05, 3.63) is 11.8 Å². The molecule has 6 nitrogen and oxygen atoms in total. The van der Waals surface area contributed by atoms with E-state index in [4.69, 9.17) is 4.74 Å². The number of hydrogen-bond acceptors (Lipinski definition) is 5. The van der Waals surface area contributed by atoms with Gasteiger partial charge in [0.05, 0.1) is 6.61 Å². The van der Waals surface area contributed by atoms with Crippen LogP contribution in [0.1, 0.15) is 30.3 Å². The summed E-state index contributed by atoms with van der Waals surface area (Å²) < 4.78 is 6.75. The normalized spacial score (nSPS) is 17.0.